The second-order valence-corrected chi connectivity index (χ2v) is 8.43. The largest absolute Gasteiger partial charge is 0.497 e. The predicted octanol–water partition coefficient (Wildman–Crippen LogP) is 4.90. The molecule has 0 aliphatic rings. The monoisotopic (exact) mass is 497 g/mol. The van der Waals surface area contributed by atoms with E-state index >= 15 is 0 Å². The van der Waals surface area contributed by atoms with Gasteiger partial charge in [0.1, 0.15) is 35.4 Å². The third-order valence-corrected chi connectivity index (χ3v) is 5.92. The van der Waals surface area contributed by atoms with Gasteiger partial charge in [-0.3, -0.25) is 4.79 Å². The summed E-state index contributed by atoms with van der Waals surface area (Å²) in [5, 5.41) is 8.29. The highest BCUT2D eigenvalue weighted by Gasteiger charge is 2.25. The average Bonchev–Trinajstić information content (AvgIpc) is 3.36. The van der Waals surface area contributed by atoms with Crippen molar-refractivity contribution in [1.82, 2.24) is 25.1 Å². The Labute approximate surface area is 212 Å². The molecule has 0 saturated heterocycles. The van der Waals surface area contributed by atoms with Gasteiger partial charge in [-0.1, -0.05) is 12.1 Å². The molecule has 0 fully saturated rings. The molecule has 1 amide bonds. The lowest BCUT2D eigenvalue weighted by Gasteiger charge is -2.27. The summed E-state index contributed by atoms with van der Waals surface area (Å²) in [4.78, 5) is 20.7. The van der Waals surface area contributed by atoms with Crippen molar-refractivity contribution >= 4 is 16.8 Å². The Balaban J connectivity index is 1.44. The van der Waals surface area contributed by atoms with E-state index in [4.69, 9.17) is 9.47 Å². The Bertz CT molecular complexity index is 1520. The molecule has 0 radical (unpaired) electrons. The first-order chi connectivity index (χ1) is 18.0. The lowest BCUT2D eigenvalue weighted by atomic mass is 10.0. The standard InChI is InChI=1S/C28H24FN5O3/c1-18(33-28(35)25-12-13-30-17-31-25)27(19-4-3-5-23(14-19)36-2)37-24-10-11-26-20(15-24)16-32-34(26)22-8-6-21(29)7-9-22/h3-18,27H,1-2H3,(H,33,35)/t18-,27-/m0/s1. The van der Waals surface area contributed by atoms with Crippen LogP contribution in [0.15, 0.2) is 91.5 Å². The maximum absolute atomic E-state index is 13.4. The third-order valence-electron chi connectivity index (χ3n) is 5.92. The van der Waals surface area contributed by atoms with Gasteiger partial charge in [0.2, 0.25) is 0 Å². The van der Waals surface area contributed by atoms with Crippen LogP contribution in [0.3, 0.4) is 0 Å². The number of benzene rings is 3. The molecule has 2 aromatic heterocycles. The fourth-order valence-corrected chi connectivity index (χ4v) is 4.08. The first-order valence-corrected chi connectivity index (χ1v) is 11.6. The zero-order valence-corrected chi connectivity index (χ0v) is 20.2. The average molecular weight is 498 g/mol. The van der Waals surface area contributed by atoms with Crippen molar-refractivity contribution in [2.24, 2.45) is 0 Å². The van der Waals surface area contributed by atoms with Crippen LogP contribution in [0.2, 0.25) is 0 Å². The Morgan fingerprint density at radius 1 is 1.03 bits per heavy atom. The summed E-state index contributed by atoms with van der Waals surface area (Å²) < 4.78 is 26.9. The van der Waals surface area contributed by atoms with Crippen LogP contribution in [0.4, 0.5) is 4.39 Å². The number of nitrogens with zero attached hydrogens (tertiary/aromatic N) is 4. The van der Waals surface area contributed by atoms with Crippen LogP contribution in [0.1, 0.15) is 29.1 Å². The van der Waals surface area contributed by atoms with Gasteiger partial charge in [0.25, 0.3) is 5.91 Å². The van der Waals surface area contributed by atoms with Crippen molar-refractivity contribution in [3.05, 3.63) is 109 Å². The molecule has 2 heterocycles. The molecule has 37 heavy (non-hydrogen) atoms. The van der Waals surface area contributed by atoms with Crippen molar-refractivity contribution in [3.63, 3.8) is 0 Å². The number of halogens is 1. The van der Waals surface area contributed by atoms with Crippen molar-refractivity contribution < 1.29 is 18.7 Å². The minimum Gasteiger partial charge on any atom is -0.497 e. The summed E-state index contributed by atoms with van der Waals surface area (Å²) in [6, 6.07) is 20.4. The zero-order chi connectivity index (χ0) is 25.8. The van der Waals surface area contributed by atoms with Crippen molar-refractivity contribution in [2.45, 2.75) is 19.1 Å². The van der Waals surface area contributed by atoms with E-state index in [2.05, 4.69) is 20.4 Å². The van der Waals surface area contributed by atoms with Crippen LogP contribution < -0.4 is 14.8 Å². The van der Waals surface area contributed by atoms with Gasteiger partial charge in [-0.25, -0.2) is 19.0 Å². The summed E-state index contributed by atoms with van der Waals surface area (Å²) in [5.41, 5.74) is 2.69. The number of amides is 1. The number of hydrogen-bond donors (Lipinski definition) is 1. The molecule has 1 N–H and O–H groups in total. The van der Waals surface area contributed by atoms with E-state index in [9.17, 15) is 9.18 Å². The number of fused-ring (bicyclic) bond motifs is 1. The summed E-state index contributed by atoms with van der Waals surface area (Å²) in [5.74, 6) is 0.640. The topological polar surface area (TPSA) is 91.2 Å². The quantitative estimate of drug-likeness (QED) is 0.328. The Morgan fingerprint density at radius 2 is 1.86 bits per heavy atom. The van der Waals surface area contributed by atoms with E-state index in [1.54, 1.807) is 36.2 Å². The molecule has 0 aliphatic carbocycles. The Kier molecular flexibility index (Phi) is 6.76. The van der Waals surface area contributed by atoms with E-state index < -0.39 is 12.1 Å². The van der Waals surface area contributed by atoms with E-state index in [-0.39, 0.29) is 17.4 Å². The van der Waals surface area contributed by atoms with Crippen LogP contribution in [-0.2, 0) is 0 Å². The number of hydrogen-bond acceptors (Lipinski definition) is 6. The zero-order valence-electron chi connectivity index (χ0n) is 20.2. The van der Waals surface area contributed by atoms with Gasteiger partial charge in [-0.2, -0.15) is 5.10 Å². The molecule has 0 spiro atoms. The SMILES string of the molecule is COc1cccc([C@@H](Oc2ccc3c(cnn3-c3ccc(F)cc3)c2)[C@H](C)NC(=O)c2ccncn2)c1. The highest BCUT2D eigenvalue weighted by atomic mass is 19.1. The molecule has 0 aliphatic heterocycles. The third kappa shape index (κ3) is 5.25. The van der Waals surface area contributed by atoms with E-state index in [0.717, 1.165) is 22.2 Å². The molecular formula is C28H24FN5O3. The van der Waals surface area contributed by atoms with Crippen LogP contribution in [0.5, 0.6) is 11.5 Å². The molecule has 0 unspecified atom stereocenters. The van der Waals surface area contributed by atoms with Crippen LogP contribution in [-0.4, -0.2) is 38.8 Å². The predicted molar refractivity (Wildman–Crippen MR) is 136 cm³/mol. The van der Waals surface area contributed by atoms with Crippen molar-refractivity contribution in [1.29, 1.82) is 0 Å². The molecule has 0 saturated carbocycles. The van der Waals surface area contributed by atoms with Crippen LogP contribution in [0, 0.1) is 5.82 Å². The molecule has 2 atom stereocenters. The van der Waals surface area contributed by atoms with Crippen LogP contribution >= 0.6 is 0 Å². The number of ether oxygens (including phenoxy) is 2. The van der Waals surface area contributed by atoms with E-state index in [1.807, 2.05) is 49.4 Å². The molecule has 9 heteroatoms. The van der Waals surface area contributed by atoms with Crippen LogP contribution in [0.25, 0.3) is 16.6 Å². The molecule has 0 bridgehead atoms. The van der Waals surface area contributed by atoms with Gasteiger partial charge in [0, 0.05) is 11.6 Å². The summed E-state index contributed by atoms with van der Waals surface area (Å²) in [7, 11) is 1.60. The highest BCUT2D eigenvalue weighted by Crippen LogP contribution is 2.30. The fourth-order valence-electron chi connectivity index (χ4n) is 4.08. The Morgan fingerprint density at radius 3 is 2.62 bits per heavy atom. The molecular weight excluding hydrogens is 473 g/mol. The van der Waals surface area contributed by atoms with Gasteiger partial charge in [0.15, 0.2) is 0 Å². The lowest BCUT2D eigenvalue weighted by Crippen LogP contribution is -2.39. The number of nitrogens with one attached hydrogen (secondary N) is 1. The molecule has 5 aromatic rings. The summed E-state index contributed by atoms with van der Waals surface area (Å²) in [6.07, 6.45) is 4.04. The summed E-state index contributed by atoms with van der Waals surface area (Å²) in [6.45, 7) is 1.87. The van der Waals surface area contributed by atoms with Crippen molar-refractivity contribution in [3.8, 4) is 17.2 Å². The van der Waals surface area contributed by atoms with Gasteiger partial charge < -0.3 is 14.8 Å². The highest BCUT2D eigenvalue weighted by molar-refractivity contribution is 5.92. The first kappa shape index (κ1) is 23.9. The Hall–Kier alpha value is -4.79. The molecule has 8 nitrogen and oxygen atoms in total. The van der Waals surface area contributed by atoms with E-state index in [0.29, 0.717) is 11.5 Å². The maximum atomic E-state index is 13.4. The van der Waals surface area contributed by atoms with Gasteiger partial charge >= 0.3 is 0 Å². The van der Waals surface area contributed by atoms with Crippen molar-refractivity contribution in [2.75, 3.05) is 7.11 Å². The smallest absolute Gasteiger partial charge is 0.270 e. The minimum absolute atomic E-state index is 0.265. The molecule has 3 aromatic carbocycles. The minimum atomic E-state index is -0.537. The van der Waals surface area contributed by atoms with Gasteiger partial charge in [-0.05, 0) is 73.2 Å². The number of carbonyl (C=O) groups excluding carboxylic acids is 1. The second-order valence-electron chi connectivity index (χ2n) is 8.43. The normalized spacial score (nSPS) is 12.6. The molecule has 186 valence electrons. The lowest BCUT2D eigenvalue weighted by molar-refractivity contribution is 0.0876. The van der Waals surface area contributed by atoms with E-state index in [1.165, 1.54) is 24.7 Å². The number of carbonyl (C=O) groups is 1. The second kappa shape index (κ2) is 10.4. The fraction of sp³-hybridized carbons (Fsp3) is 0.143. The van der Waals surface area contributed by atoms with Gasteiger partial charge in [-0.15, -0.1) is 0 Å². The number of aromatic nitrogens is 4. The summed E-state index contributed by atoms with van der Waals surface area (Å²) >= 11 is 0. The maximum Gasteiger partial charge on any atom is 0.270 e. The first-order valence-electron chi connectivity index (χ1n) is 11.6. The number of rotatable bonds is 8. The molecule has 5 rings (SSSR count). The number of methoxy groups -OCH3 is 1. The van der Waals surface area contributed by atoms with Gasteiger partial charge in [0.05, 0.1) is 30.6 Å².